The largest absolute Gasteiger partial charge is 0.378 e. The van der Waals surface area contributed by atoms with Crippen molar-refractivity contribution in [3.05, 3.63) is 66.2 Å². The lowest BCUT2D eigenvalue weighted by Gasteiger charge is -2.28. The van der Waals surface area contributed by atoms with Gasteiger partial charge in [-0.15, -0.1) is 0 Å². The third-order valence-corrected chi connectivity index (χ3v) is 5.99. The number of amides is 2. The molecule has 2 heterocycles. The van der Waals surface area contributed by atoms with Crippen LogP contribution in [0.25, 0.3) is 10.8 Å². The number of benzene rings is 2. The van der Waals surface area contributed by atoms with E-state index in [9.17, 15) is 14.4 Å². The first-order chi connectivity index (χ1) is 16.1. The number of carbonyl (C=O) groups excluding carboxylic acids is 3. The number of aldehydes is 1. The number of H-pyrrole nitrogens is 1. The molecule has 33 heavy (non-hydrogen) atoms. The molecule has 2 aromatic carbocycles. The number of hydrogen-bond acceptors (Lipinski definition) is 5. The van der Waals surface area contributed by atoms with E-state index in [0.29, 0.717) is 39.1 Å². The zero-order valence-electron chi connectivity index (χ0n) is 18.4. The van der Waals surface area contributed by atoms with Crippen LogP contribution < -0.4 is 5.32 Å². The number of aromatic nitrogens is 2. The van der Waals surface area contributed by atoms with E-state index in [1.165, 1.54) is 6.33 Å². The van der Waals surface area contributed by atoms with Gasteiger partial charge in [0.25, 0.3) is 0 Å². The van der Waals surface area contributed by atoms with Gasteiger partial charge in [-0.05, 0) is 22.8 Å². The van der Waals surface area contributed by atoms with Crippen molar-refractivity contribution in [3.63, 3.8) is 0 Å². The number of carbonyl (C=O) groups is 3. The summed E-state index contributed by atoms with van der Waals surface area (Å²) in [5.41, 5.74) is 1.75. The van der Waals surface area contributed by atoms with Crippen molar-refractivity contribution in [2.24, 2.45) is 5.92 Å². The van der Waals surface area contributed by atoms with E-state index >= 15 is 0 Å². The fourth-order valence-electron chi connectivity index (χ4n) is 4.21. The molecule has 3 aromatic rings. The maximum atomic E-state index is 13.3. The van der Waals surface area contributed by atoms with Crippen molar-refractivity contribution in [3.8, 4) is 0 Å². The molecule has 1 aliphatic rings. The summed E-state index contributed by atoms with van der Waals surface area (Å²) in [6, 6.07) is 13.3. The Balaban J connectivity index is 1.53. The molecule has 2 atom stereocenters. The van der Waals surface area contributed by atoms with Gasteiger partial charge in [-0.2, -0.15) is 0 Å². The van der Waals surface area contributed by atoms with Gasteiger partial charge < -0.3 is 24.7 Å². The average Bonchev–Trinajstić information content (AvgIpc) is 3.37. The van der Waals surface area contributed by atoms with Gasteiger partial charge in [0.15, 0.2) is 0 Å². The van der Waals surface area contributed by atoms with Crippen LogP contribution in [0.5, 0.6) is 0 Å². The minimum Gasteiger partial charge on any atom is -0.378 e. The minimum absolute atomic E-state index is 0.0741. The number of nitrogens with one attached hydrogen (secondary N) is 2. The highest BCUT2D eigenvalue weighted by Gasteiger charge is 2.28. The molecule has 1 aromatic heterocycles. The summed E-state index contributed by atoms with van der Waals surface area (Å²) in [6.07, 6.45) is 4.66. The fraction of sp³-hybridized carbons (Fsp3) is 0.360. The number of aromatic amines is 1. The van der Waals surface area contributed by atoms with E-state index < -0.39 is 12.0 Å². The molecule has 0 radical (unpaired) electrons. The van der Waals surface area contributed by atoms with Crippen LogP contribution in [0.2, 0.25) is 0 Å². The van der Waals surface area contributed by atoms with Crippen molar-refractivity contribution >= 4 is 28.9 Å². The molecule has 0 bridgehead atoms. The highest BCUT2D eigenvalue weighted by atomic mass is 16.5. The third-order valence-electron chi connectivity index (χ3n) is 5.99. The van der Waals surface area contributed by atoms with Crippen LogP contribution in [-0.2, 0) is 32.0 Å². The van der Waals surface area contributed by atoms with Crippen LogP contribution in [0.1, 0.15) is 17.7 Å². The fourth-order valence-corrected chi connectivity index (χ4v) is 4.21. The van der Waals surface area contributed by atoms with Gasteiger partial charge in [-0.25, -0.2) is 4.98 Å². The summed E-state index contributed by atoms with van der Waals surface area (Å²) in [4.78, 5) is 46.6. The molecule has 8 heteroatoms. The normalized spacial score (nSPS) is 15.7. The number of imidazole rings is 1. The molecule has 2 N–H and O–H groups in total. The van der Waals surface area contributed by atoms with Gasteiger partial charge in [-0.3, -0.25) is 9.59 Å². The summed E-state index contributed by atoms with van der Waals surface area (Å²) < 4.78 is 5.34. The molecule has 8 nitrogen and oxygen atoms in total. The van der Waals surface area contributed by atoms with E-state index in [1.54, 1.807) is 11.1 Å². The van der Waals surface area contributed by atoms with Crippen LogP contribution >= 0.6 is 0 Å². The van der Waals surface area contributed by atoms with E-state index in [0.717, 1.165) is 28.3 Å². The molecule has 0 spiro atoms. The maximum Gasteiger partial charge on any atom is 0.224 e. The van der Waals surface area contributed by atoms with Crippen molar-refractivity contribution in [1.82, 2.24) is 20.2 Å². The predicted octanol–water partition coefficient (Wildman–Crippen LogP) is 1.90. The number of nitrogens with zero attached hydrogens (tertiary/aromatic N) is 2. The van der Waals surface area contributed by atoms with Crippen LogP contribution in [0.3, 0.4) is 0 Å². The van der Waals surface area contributed by atoms with Gasteiger partial charge in [0.2, 0.25) is 11.8 Å². The third kappa shape index (κ3) is 5.84. The molecule has 4 rings (SSSR count). The number of ether oxygens (including phenoxy) is 1. The highest BCUT2D eigenvalue weighted by Crippen LogP contribution is 2.23. The van der Waals surface area contributed by atoms with Gasteiger partial charge in [0.05, 0.1) is 31.5 Å². The molecule has 172 valence electrons. The molecule has 1 unspecified atom stereocenters. The van der Waals surface area contributed by atoms with Crippen molar-refractivity contribution in [2.75, 3.05) is 26.3 Å². The highest BCUT2D eigenvalue weighted by molar-refractivity contribution is 5.89. The summed E-state index contributed by atoms with van der Waals surface area (Å²) >= 11 is 0. The van der Waals surface area contributed by atoms with Crippen LogP contribution in [0.4, 0.5) is 0 Å². The first-order valence-electron chi connectivity index (χ1n) is 11.2. The van der Waals surface area contributed by atoms with Gasteiger partial charge >= 0.3 is 0 Å². The Hall–Kier alpha value is -3.52. The number of morpholine rings is 1. The van der Waals surface area contributed by atoms with E-state index in [2.05, 4.69) is 15.3 Å². The standard InChI is InChI=1S/C25H28N4O4/c30-16-22(14-21-15-26-17-27-21)28-25(32)20(13-24(31)29-8-10-33-11-9-29)12-19-6-3-5-18-4-1-2-7-23(18)19/h1-7,15-17,20,22H,8-14H2,(H,26,27)(H,28,32)/t20?,22-/m0/s1. The Morgan fingerprint density at radius 2 is 1.91 bits per heavy atom. The second kappa shape index (κ2) is 10.9. The van der Waals surface area contributed by atoms with Crippen LogP contribution in [0.15, 0.2) is 55.0 Å². The van der Waals surface area contributed by atoms with Crippen molar-refractivity contribution in [1.29, 1.82) is 0 Å². The SMILES string of the molecule is O=C[C@H](Cc1cnc[nH]1)NC(=O)C(CC(=O)N1CCOCC1)Cc1cccc2ccccc12. The van der Waals surface area contributed by atoms with Gasteiger partial charge in [-0.1, -0.05) is 42.5 Å². The van der Waals surface area contributed by atoms with Gasteiger partial charge in [0, 0.05) is 37.8 Å². The summed E-state index contributed by atoms with van der Waals surface area (Å²) in [6.45, 7) is 2.06. The zero-order valence-corrected chi connectivity index (χ0v) is 18.4. The number of hydrogen-bond donors (Lipinski definition) is 2. The topological polar surface area (TPSA) is 104 Å². The lowest BCUT2D eigenvalue weighted by Crippen LogP contribution is -2.45. The Kier molecular flexibility index (Phi) is 7.47. The first-order valence-corrected chi connectivity index (χ1v) is 11.2. The van der Waals surface area contributed by atoms with Crippen LogP contribution in [-0.4, -0.2) is 65.3 Å². The van der Waals surface area contributed by atoms with E-state index in [1.807, 2.05) is 42.5 Å². The second-order valence-corrected chi connectivity index (χ2v) is 8.27. The summed E-state index contributed by atoms with van der Waals surface area (Å²) in [5, 5.41) is 4.97. The molecule has 1 fully saturated rings. The Labute approximate surface area is 192 Å². The number of fused-ring (bicyclic) bond motifs is 1. The minimum atomic E-state index is -0.702. The number of rotatable bonds is 9. The molecule has 1 saturated heterocycles. The lowest BCUT2D eigenvalue weighted by atomic mass is 9.91. The summed E-state index contributed by atoms with van der Waals surface area (Å²) in [7, 11) is 0. The lowest BCUT2D eigenvalue weighted by molar-refractivity contribution is -0.139. The first kappa shape index (κ1) is 22.7. The summed E-state index contributed by atoms with van der Waals surface area (Å²) in [5.74, 6) is -0.980. The van der Waals surface area contributed by atoms with Crippen molar-refractivity contribution < 1.29 is 19.1 Å². The van der Waals surface area contributed by atoms with Gasteiger partial charge in [0.1, 0.15) is 6.29 Å². The molecule has 1 aliphatic heterocycles. The Morgan fingerprint density at radius 1 is 1.12 bits per heavy atom. The monoisotopic (exact) mass is 448 g/mol. The Bertz CT molecular complexity index is 1090. The second-order valence-electron chi connectivity index (χ2n) is 8.27. The molecule has 2 amide bonds. The predicted molar refractivity (Wildman–Crippen MR) is 123 cm³/mol. The average molecular weight is 449 g/mol. The molecule has 0 aliphatic carbocycles. The quantitative estimate of drug-likeness (QED) is 0.487. The van der Waals surface area contributed by atoms with Crippen LogP contribution in [0, 0.1) is 5.92 Å². The Morgan fingerprint density at radius 3 is 2.67 bits per heavy atom. The maximum absolute atomic E-state index is 13.3. The van der Waals surface area contributed by atoms with E-state index in [4.69, 9.17) is 4.74 Å². The molecule has 0 saturated carbocycles. The molecular formula is C25H28N4O4. The van der Waals surface area contributed by atoms with E-state index in [-0.39, 0.29) is 18.2 Å². The smallest absolute Gasteiger partial charge is 0.224 e. The zero-order chi connectivity index (χ0) is 23.0. The molecular weight excluding hydrogens is 420 g/mol. The van der Waals surface area contributed by atoms with Crippen molar-refractivity contribution in [2.45, 2.75) is 25.3 Å².